The van der Waals surface area contributed by atoms with E-state index in [1.54, 1.807) is 0 Å². The summed E-state index contributed by atoms with van der Waals surface area (Å²) in [5, 5.41) is 10.3. The van der Waals surface area contributed by atoms with Crippen LogP contribution >= 0.6 is 0 Å². The van der Waals surface area contributed by atoms with Crippen molar-refractivity contribution in [2.45, 2.75) is 91.3 Å². The van der Waals surface area contributed by atoms with Gasteiger partial charge in [-0.3, -0.25) is 0 Å². The number of anilines is 6. The van der Waals surface area contributed by atoms with E-state index in [1.165, 1.54) is 49.5 Å². The number of hydrogen-bond acceptors (Lipinski definition) is 4. The quantitative estimate of drug-likeness (QED) is 0.135. The highest BCUT2D eigenvalue weighted by molar-refractivity contribution is 6.88. The molecule has 0 saturated heterocycles. The molecule has 1 aliphatic rings. The molecule has 15 rings (SSSR count). The van der Waals surface area contributed by atoms with Crippen LogP contribution in [0, 0.1) is 13.8 Å². The van der Waals surface area contributed by atoms with Crippen LogP contribution in [-0.4, -0.2) is 8.07 Å². The Kier molecular flexibility index (Phi) is 12.4. The van der Waals surface area contributed by atoms with Gasteiger partial charge in [0.2, 0.25) is 0 Å². The zero-order valence-corrected chi connectivity index (χ0v) is 52.7. The summed E-state index contributed by atoms with van der Waals surface area (Å²) < 4.78 is 15.3. The summed E-state index contributed by atoms with van der Waals surface area (Å²) in [5.74, 6) is 0. The molecule has 0 bridgehead atoms. The summed E-state index contributed by atoms with van der Waals surface area (Å²) in [6.45, 7) is 25.7. The highest BCUT2D eigenvalue weighted by Crippen LogP contribution is 2.65. The minimum absolute atomic E-state index is 0.0486. The summed E-state index contributed by atoms with van der Waals surface area (Å²) in [4.78, 5) is 5.01. The van der Waals surface area contributed by atoms with Crippen LogP contribution in [0.5, 0.6) is 0 Å². The molecule has 0 fully saturated rings. The molecule has 0 radical (unpaired) electrons. The number of aryl methyl sites for hydroxylation is 2. The van der Waals surface area contributed by atoms with Crippen LogP contribution in [0.15, 0.2) is 245 Å². The first-order chi connectivity index (χ1) is 41.9. The highest BCUT2D eigenvalue weighted by atomic mass is 28.3. The maximum atomic E-state index is 7.73. The minimum atomic E-state index is -1.79. The fourth-order valence-electron chi connectivity index (χ4n) is 14.3. The normalized spacial score (nSPS) is 14.4. The van der Waals surface area contributed by atoms with E-state index in [2.05, 4.69) is 321 Å². The molecular formula is C82H72N2O2Si. The number of nitrogens with zero attached hydrogens (tertiary/aromatic N) is 2. The molecule has 0 amide bonds. The largest absolute Gasteiger partial charge is 0.455 e. The molecule has 14 aromatic rings. The molecule has 5 heteroatoms. The Hall–Kier alpha value is -9.42. The van der Waals surface area contributed by atoms with E-state index < -0.39 is 13.5 Å². The Morgan fingerprint density at radius 1 is 0.379 bits per heavy atom. The molecule has 2 aromatic heterocycles. The van der Waals surface area contributed by atoms with Crippen molar-refractivity contribution in [1.82, 2.24) is 0 Å². The fraction of sp³-hybridized carbons (Fsp3) is 0.171. The van der Waals surface area contributed by atoms with Crippen LogP contribution in [-0.2, 0) is 16.2 Å². The van der Waals surface area contributed by atoms with E-state index in [-0.39, 0.29) is 10.8 Å². The van der Waals surface area contributed by atoms with Crippen LogP contribution < -0.4 is 15.0 Å². The van der Waals surface area contributed by atoms with Gasteiger partial charge in [0.25, 0.3) is 0 Å². The Morgan fingerprint density at radius 2 is 0.839 bits per heavy atom. The lowest BCUT2D eigenvalue weighted by Gasteiger charge is -2.37. The molecule has 1 unspecified atom stereocenters. The smallest absolute Gasteiger partial charge is 0.160 e. The summed E-state index contributed by atoms with van der Waals surface area (Å²) in [7, 11) is -1.79. The zero-order valence-electron chi connectivity index (χ0n) is 51.7. The van der Waals surface area contributed by atoms with Crippen LogP contribution in [0.2, 0.25) is 19.6 Å². The predicted molar refractivity (Wildman–Crippen MR) is 373 cm³/mol. The number of benzene rings is 12. The number of fused-ring (bicyclic) bond motifs is 13. The number of furan rings is 2. The van der Waals surface area contributed by atoms with Crippen LogP contribution in [0.3, 0.4) is 0 Å². The third-order valence-electron chi connectivity index (χ3n) is 18.8. The van der Waals surface area contributed by atoms with E-state index in [4.69, 9.17) is 8.83 Å². The first-order valence-corrected chi connectivity index (χ1v) is 34.3. The standard InChI is InChI=1S/C82H72N2O2Si/c1-51-34-35-52(2)65(48-51)82(57-40-46-60(47-41-57)87(9,10)11)66-50-71(84(59-44-38-56(39-45-59)81(6,7)8)69-31-21-25-54-23-13-15-27-62(54)69)78-75(64-29-17-19-33-73(64)85-78)76(66)77-67(82)49-70(74-63-28-16-18-32-72(63)86-79(74)77)83(58-42-36-55(37-43-58)80(3,4)5)68-30-20-24-53-22-12-14-26-61(53)68/h12-50H,1-11H3. The molecule has 426 valence electrons. The topological polar surface area (TPSA) is 32.8 Å². The Labute approximate surface area is 512 Å². The average Bonchev–Trinajstić information content (AvgIpc) is 1.51. The van der Waals surface area contributed by atoms with Crippen molar-refractivity contribution in [3.63, 3.8) is 0 Å². The number of rotatable bonds is 9. The molecule has 12 aromatic carbocycles. The van der Waals surface area contributed by atoms with Crippen molar-refractivity contribution in [2.75, 3.05) is 9.80 Å². The lowest BCUT2D eigenvalue weighted by molar-refractivity contribution is 0.590. The molecule has 1 atom stereocenters. The maximum Gasteiger partial charge on any atom is 0.160 e. The van der Waals surface area contributed by atoms with Crippen LogP contribution in [0.1, 0.15) is 86.1 Å². The van der Waals surface area contributed by atoms with E-state index >= 15 is 0 Å². The summed E-state index contributed by atoms with van der Waals surface area (Å²) >= 11 is 0. The molecule has 1 aliphatic carbocycles. The fourth-order valence-corrected chi connectivity index (χ4v) is 15.5. The first-order valence-electron chi connectivity index (χ1n) is 30.8. The van der Waals surface area contributed by atoms with Crippen molar-refractivity contribution >= 4 is 113 Å². The van der Waals surface area contributed by atoms with E-state index in [9.17, 15) is 0 Å². The SMILES string of the molecule is Cc1ccc(C)c(C2(c3ccc([Si](C)(C)C)cc3)c3cc(N(c4ccc(C(C)(C)C)cc4)c4cccc5ccccc45)c4c(oc5ccccc54)c3-c3c2cc(N(c2ccc(C(C)(C)C)cc2)c2cccc4ccccc24)c2oc4ccccc4c32)c1. The van der Waals surface area contributed by atoms with E-state index in [0.29, 0.717) is 0 Å². The van der Waals surface area contributed by atoms with Gasteiger partial charge in [-0.25, -0.2) is 0 Å². The molecule has 4 nitrogen and oxygen atoms in total. The molecule has 0 spiro atoms. The van der Waals surface area contributed by atoms with Crippen molar-refractivity contribution in [2.24, 2.45) is 0 Å². The minimum Gasteiger partial charge on any atom is -0.455 e. The summed E-state index contributed by atoms with van der Waals surface area (Å²) in [6, 6.07) is 89.0. The van der Waals surface area contributed by atoms with Crippen molar-refractivity contribution < 1.29 is 8.83 Å². The number of hydrogen-bond donors (Lipinski definition) is 0. The molecule has 0 N–H and O–H groups in total. The van der Waals surface area contributed by atoms with Gasteiger partial charge >= 0.3 is 0 Å². The van der Waals surface area contributed by atoms with Gasteiger partial charge in [-0.05, 0) is 135 Å². The predicted octanol–water partition coefficient (Wildman–Crippen LogP) is 22.9. The second kappa shape index (κ2) is 19.8. The van der Waals surface area contributed by atoms with Crippen molar-refractivity contribution in [1.29, 1.82) is 0 Å². The van der Waals surface area contributed by atoms with Gasteiger partial charge in [0.1, 0.15) is 16.7 Å². The molecule has 0 saturated carbocycles. The van der Waals surface area contributed by atoms with E-state index in [1.807, 2.05) is 0 Å². The average molecular weight is 1150 g/mol. The Bertz CT molecular complexity index is 5050. The zero-order chi connectivity index (χ0) is 59.9. The van der Waals surface area contributed by atoms with Crippen molar-refractivity contribution in [3.05, 3.63) is 281 Å². The second-order valence-electron chi connectivity index (χ2n) is 27.4. The lowest BCUT2D eigenvalue weighted by atomic mass is 9.66. The third-order valence-corrected chi connectivity index (χ3v) is 20.8. The molecular weight excluding hydrogens is 1070 g/mol. The van der Waals surface area contributed by atoms with Gasteiger partial charge in [-0.1, -0.05) is 248 Å². The van der Waals surface area contributed by atoms with Gasteiger partial charge < -0.3 is 18.6 Å². The third kappa shape index (κ3) is 8.52. The van der Waals surface area contributed by atoms with Gasteiger partial charge in [0, 0.05) is 49.4 Å². The van der Waals surface area contributed by atoms with E-state index in [0.717, 1.165) is 111 Å². The summed E-state index contributed by atoms with van der Waals surface area (Å²) in [5.41, 5.74) is 20.4. The van der Waals surface area contributed by atoms with Gasteiger partial charge in [0.15, 0.2) is 5.58 Å². The molecule has 0 aliphatic heterocycles. The van der Waals surface area contributed by atoms with Gasteiger partial charge in [-0.2, -0.15) is 0 Å². The number of para-hydroxylation sites is 2. The Balaban J connectivity index is 1.18. The lowest BCUT2D eigenvalue weighted by Crippen LogP contribution is -2.38. The van der Waals surface area contributed by atoms with Gasteiger partial charge in [0.05, 0.1) is 41.6 Å². The molecule has 2 heterocycles. The van der Waals surface area contributed by atoms with Crippen LogP contribution in [0.4, 0.5) is 34.1 Å². The first kappa shape index (κ1) is 54.2. The maximum absolute atomic E-state index is 7.73. The Morgan fingerprint density at radius 3 is 1.38 bits per heavy atom. The molecule has 87 heavy (non-hydrogen) atoms. The van der Waals surface area contributed by atoms with Crippen LogP contribution in [0.25, 0.3) is 76.5 Å². The van der Waals surface area contributed by atoms with Crippen molar-refractivity contribution in [3.8, 4) is 11.1 Å². The second-order valence-corrected chi connectivity index (χ2v) is 32.5. The monoisotopic (exact) mass is 1140 g/mol. The van der Waals surface area contributed by atoms with Gasteiger partial charge in [-0.15, -0.1) is 0 Å². The highest BCUT2D eigenvalue weighted by Gasteiger charge is 2.51. The summed E-state index contributed by atoms with van der Waals surface area (Å²) in [6.07, 6.45) is 0.